The SMILES string of the molecule is CC1CCCC(Nc2nc(Cl)nc(-n3ccnc3)n2)C1C. The lowest BCUT2D eigenvalue weighted by Crippen LogP contribution is -2.35. The second-order valence-electron chi connectivity index (χ2n) is 5.72. The van der Waals surface area contributed by atoms with Gasteiger partial charge in [-0.2, -0.15) is 15.0 Å². The maximum atomic E-state index is 6.01. The number of nitrogens with one attached hydrogen (secondary N) is 1. The van der Waals surface area contributed by atoms with Gasteiger partial charge in [0.05, 0.1) is 0 Å². The summed E-state index contributed by atoms with van der Waals surface area (Å²) < 4.78 is 1.71. The van der Waals surface area contributed by atoms with Crippen molar-refractivity contribution in [1.29, 1.82) is 0 Å². The van der Waals surface area contributed by atoms with Crippen LogP contribution in [-0.4, -0.2) is 30.5 Å². The molecule has 0 saturated heterocycles. The number of aromatic nitrogens is 5. The van der Waals surface area contributed by atoms with E-state index in [9.17, 15) is 0 Å². The average Bonchev–Trinajstić information content (AvgIpc) is 2.97. The minimum Gasteiger partial charge on any atom is -0.351 e. The van der Waals surface area contributed by atoms with Gasteiger partial charge in [-0.3, -0.25) is 4.57 Å². The van der Waals surface area contributed by atoms with Gasteiger partial charge in [-0.05, 0) is 29.9 Å². The van der Waals surface area contributed by atoms with Crippen LogP contribution in [0.3, 0.4) is 0 Å². The van der Waals surface area contributed by atoms with Gasteiger partial charge in [0.1, 0.15) is 6.33 Å². The summed E-state index contributed by atoms with van der Waals surface area (Å²) in [5, 5.41) is 3.61. The fourth-order valence-electron chi connectivity index (χ4n) is 2.85. The Morgan fingerprint density at radius 3 is 2.86 bits per heavy atom. The van der Waals surface area contributed by atoms with Crippen molar-refractivity contribution in [2.45, 2.75) is 39.2 Å². The van der Waals surface area contributed by atoms with Crippen LogP contribution in [0.4, 0.5) is 5.95 Å². The first kappa shape index (κ1) is 14.3. The summed E-state index contributed by atoms with van der Waals surface area (Å²) in [5.74, 6) is 2.31. The van der Waals surface area contributed by atoms with E-state index in [0.29, 0.717) is 29.8 Å². The standard InChI is InChI=1S/C14H19ClN6/c1-9-4-3-5-11(10(9)2)17-13-18-12(15)19-14(20-13)21-7-6-16-8-21/h6-11H,3-5H2,1-2H3,(H,17,18,19,20). The normalized spacial score (nSPS) is 25.8. The van der Waals surface area contributed by atoms with Gasteiger partial charge in [-0.1, -0.05) is 26.7 Å². The second-order valence-corrected chi connectivity index (χ2v) is 6.05. The maximum absolute atomic E-state index is 6.01. The van der Waals surface area contributed by atoms with E-state index in [1.165, 1.54) is 12.8 Å². The Kier molecular flexibility index (Phi) is 4.05. The van der Waals surface area contributed by atoms with Crippen LogP contribution < -0.4 is 5.32 Å². The van der Waals surface area contributed by atoms with Crippen LogP contribution in [-0.2, 0) is 0 Å². The topological polar surface area (TPSA) is 68.5 Å². The highest BCUT2D eigenvalue weighted by Gasteiger charge is 2.27. The zero-order valence-electron chi connectivity index (χ0n) is 12.2. The molecule has 1 saturated carbocycles. The van der Waals surface area contributed by atoms with E-state index in [-0.39, 0.29) is 5.28 Å². The molecule has 1 fully saturated rings. The lowest BCUT2D eigenvalue weighted by Gasteiger charge is -2.34. The molecule has 0 spiro atoms. The molecule has 3 unspecified atom stereocenters. The predicted octanol–water partition coefficient (Wildman–Crippen LogP) is 2.95. The molecule has 1 N–H and O–H groups in total. The van der Waals surface area contributed by atoms with E-state index in [1.54, 1.807) is 23.3 Å². The number of imidazole rings is 1. The van der Waals surface area contributed by atoms with Gasteiger partial charge in [0.2, 0.25) is 17.2 Å². The van der Waals surface area contributed by atoms with Crippen LogP contribution in [0.2, 0.25) is 5.28 Å². The highest BCUT2D eigenvalue weighted by molar-refractivity contribution is 6.28. The number of hydrogen-bond donors (Lipinski definition) is 1. The van der Waals surface area contributed by atoms with Gasteiger partial charge in [-0.15, -0.1) is 0 Å². The summed E-state index contributed by atoms with van der Waals surface area (Å²) >= 11 is 6.01. The number of hydrogen-bond acceptors (Lipinski definition) is 5. The number of nitrogens with zero attached hydrogens (tertiary/aromatic N) is 5. The van der Waals surface area contributed by atoms with E-state index >= 15 is 0 Å². The molecule has 21 heavy (non-hydrogen) atoms. The lowest BCUT2D eigenvalue weighted by atomic mass is 9.78. The van der Waals surface area contributed by atoms with Gasteiger partial charge in [0.25, 0.3) is 0 Å². The molecule has 2 heterocycles. The molecular formula is C14H19ClN6. The Morgan fingerprint density at radius 2 is 2.10 bits per heavy atom. The molecule has 0 bridgehead atoms. The van der Waals surface area contributed by atoms with Crippen LogP contribution >= 0.6 is 11.6 Å². The fourth-order valence-corrected chi connectivity index (χ4v) is 3.00. The van der Waals surface area contributed by atoms with Crippen LogP contribution in [0, 0.1) is 11.8 Å². The predicted molar refractivity (Wildman–Crippen MR) is 81.5 cm³/mol. The third-order valence-corrected chi connectivity index (χ3v) is 4.52. The van der Waals surface area contributed by atoms with Crippen molar-refractivity contribution in [2.75, 3.05) is 5.32 Å². The van der Waals surface area contributed by atoms with Gasteiger partial charge in [-0.25, -0.2) is 4.98 Å². The molecule has 6 nitrogen and oxygen atoms in total. The molecule has 3 rings (SSSR count). The Morgan fingerprint density at radius 1 is 1.24 bits per heavy atom. The van der Waals surface area contributed by atoms with Gasteiger partial charge < -0.3 is 5.32 Å². The highest BCUT2D eigenvalue weighted by Crippen LogP contribution is 2.31. The van der Waals surface area contributed by atoms with Gasteiger partial charge >= 0.3 is 0 Å². The fraction of sp³-hybridized carbons (Fsp3) is 0.571. The second kappa shape index (κ2) is 5.97. The monoisotopic (exact) mass is 306 g/mol. The van der Waals surface area contributed by atoms with Crippen molar-refractivity contribution in [1.82, 2.24) is 24.5 Å². The first-order valence-corrected chi connectivity index (χ1v) is 7.67. The van der Waals surface area contributed by atoms with Gasteiger partial charge in [0, 0.05) is 18.4 Å². The van der Waals surface area contributed by atoms with E-state index in [2.05, 4.69) is 39.1 Å². The molecule has 0 aliphatic heterocycles. The smallest absolute Gasteiger partial charge is 0.241 e. The number of anilines is 1. The summed E-state index contributed by atoms with van der Waals surface area (Å²) in [7, 11) is 0. The van der Waals surface area contributed by atoms with E-state index in [4.69, 9.17) is 11.6 Å². The molecule has 0 amide bonds. The van der Waals surface area contributed by atoms with Gasteiger partial charge in [0.15, 0.2) is 0 Å². The quantitative estimate of drug-likeness (QED) is 0.944. The summed E-state index contributed by atoms with van der Waals surface area (Å²) in [5.41, 5.74) is 0. The van der Waals surface area contributed by atoms with Crippen molar-refractivity contribution in [2.24, 2.45) is 11.8 Å². The van der Waals surface area contributed by atoms with Crippen LogP contribution in [0.25, 0.3) is 5.95 Å². The Hall–Kier alpha value is -1.69. The first-order valence-electron chi connectivity index (χ1n) is 7.30. The molecule has 2 aromatic heterocycles. The molecule has 2 aromatic rings. The molecule has 1 aliphatic rings. The Balaban J connectivity index is 1.82. The minimum absolute atomic E-state index is 0.188. The lowest BCUT2D eigenvalue weighted by molar-refractivity contribution is 0.252. The summed E-state index contributed by atoms with van der Waals surface area (Å²) in [6.07, 6.45) is 8.75. The van der Waals surface area contributed by atoms with E-state index < -0.39 is 0 Å². The van der Waals surface area contributed by atoms with Crippen LogP contribution in [0.1, 0.15) is 33.1 Å². The molecule has 3 atom stereocenters. The van der Waals surface area contributed by atoms with Crippen molar-refractivity contribution >= 4 is 17.5 Å². The summed E-state index contributed by atoms with van der Waals surface area (Å²) in [4.78, 5) is 16.8. The zero-order valence-corrected chi connectivity index (χ0v) is 13.0. The Labute approximate surface area is 129 Å². The van der Waals surface area contributed by atoms with Crippen LogP contribution in [0.5, 0.6) is 0 Å². The summed E-state index contributed by atoms with van der Waals surface area (Å²) in [6, 6.07) is 0.378. The summed E-state index contributed by atoms with van der Waals surface area (Å²) in [6.45, 7) is 4.58. The zero-order chi connectivity index (χ0) is 14.8. The maximum Gasteiger partial charge on any atom is 0.241 e. The minimum atomic E-state index is 0.188. The van der Waals surface area contributed by atoms with Crippen molar-refractivity contribution in [3.05, 3.63) is 24.0 Å². The van der Waals surface area contributed by atoms with E-state index in [1.807, 2.05) is 0 Å². The highest BCUT2D eigenvalue weighted by atomic mass is 35.5. The third-order valence-electron chi connectivity index (χ3n) is 4.35. The molecular weight excluding hydrogens is 288 g/mol. The largest absolute Gasteiger partial charge is 0.351 e. The van der Waals surface area contributed by atoms with Crippen molar-refractivity contribution < 1.29 is 0 Å². The Bertz CT molecular complexity index is 600. The number of halogens is 1. The first-order chi connectivity index (χ1) is 10.1. The molecule has 1 aliphatic carbocycles. The van der Waals surface area contributed by atoms with Crippen molar-refractivity contribution in [3.8, 4) is 5.95 Å². The van der Waals surface area contributed by atoms with Crippen molar-refractivity contribution in [3.63, 3.8) is 0 Å². The average molecular weight is 307 g/mol. The van der Waals surface area contributed by atoms with E-state index in [0.717, 1.165) is 6.42 Å². The molecule has 112 valence electrons. The third kappa shape index (κ3) is 3.15. The number of rotatable bonds is 3. The molecule has 0 radical (unpaired) electrons. The molecule has 0 aromatic carbocycles. The molecule has 7 heteroatoms. The van der Waals surface area contributed by atoms with Crippen LogP contribution in [0.15, 0.2) is 18.7 Å².